The predicted octanol–water partition coefficient (Wildman–Crippen LogP) is 2.69. The number of nitrogens with two attached hydrogens (primary N) is 1. The zero-order chi connectivity index (χ0) is 14.7. The van der Waals surface area contributed by atoms with Crippen LogP contribution in [0.1, 0.15) is 18.9 Å². The van der Waals surface area contributed by atoms with E-state index in [-0.39, 0.29) is 6.42 Å². The Labute approximate surface area is 117 Å². The van der Waals surface area contributed by atoms with Crippen molar-refractivity contribution >= 4 is 21.8 Å². The molecule has 7 heteroatoms. The lowest BCUT2D eigenvalue weighted by atomic mass is 9.86. The highest BCUT2D eigenvalue weighted by atomic mass is 79.9. The van der Waals surface area contributed by atoms with Gasteiger partial charge < -0.3 is 5.73 Å². The summed E-state index contributed by atoms with van der Waals surface area (Å²) in [6.45, 7) is 0.329. The Balaban J connectivity index is 3.12. The van der Waals surface area contributed by atoms with Gasteiger partial charge in [-0.25, -0.2) is 0 Å². The SMILES string of the molecule is CCC(NCC(F)(F)F)(C(N)=O)c1ccc(Br)cc1. The average Bonchev–Trinajstić information content (AvgIpc) is 2.30. The molecule has 19 heavy (non-hydrogen) atoms. The van der Waals surface area contributed by atoms with E-state index in [4.69, 9.17) is 5.73 Å². The Morgan fingerprint density at radius 3 is 2.21 bits per heavy atom. The number of carbonyl (C=O) groups excluding carboxylic acids is 1. The lowest BCUT2D eigenvalue weighted by Gasteiger charge is -2.31. The van der Waals surface area contributed by atoms with Crippen molar-refractivity contribution < 1.29 is 18.0 Å². The molecule has 1 aromatic rings. The summed E-state index contributed by atoms with van der Waals surface area (Å²) in [5.74, 6) is -0.832. The topological polar surface area (TPSA) is 55.1 Å². The maximum atomic E-state index is 12.3. The molecule has 1 rings (SSSR count). The minimum Gasteiger partial charge on any atom is -0.368 e. The summed E-state index contributed by atoms with van der Waals surface area (Å²) in [5.41, 5.74) is 4.20. The van der Waals surface area contributed by atoms with E-state index in [1.165, 1.54) is 0 Å². The van der Waals surface area contributed by atoms with Gasteiger partial charge in [0.25, 0.3) is 0 Å². The lowest BCUT2D eigenvalue weighted by Crippen LogP contribution is -2.54. The zero-order valence-corrected chi connectivity index (χ0v) is 11.8. The number of rotatable bonds is 5. The Bertz CT molecular complexity index is 447. The van der Waals surface area contributed by atoms with Crippen LogP contribution in [0, 0.1) is 0 Å². The molecule has 1 aromatic carbocycles. The lowest BCUT2D eigenvalue weighted by molar-refractivity contribution is -0.136. The highest BCUT2D eigenvalue weighted by molar-refractivity contribution is 9.10. The number of halogens is 4. The van der Waals surface area contributed by atoms with E-state index in [1.54, 1.807) is 31.2 Å². The molecule has 0 aromatic heterocycles. The van der Waals surface area contributed by atoms with Crippen LogP contribution in [0.4, 0.5) is 13.2 Å². The fraction of sp³-hybridized carbons (Fsp3) is 0.417. The Hall–Kier alpha value is -1.08. The molecular formula is C12H14BrF3N2O. The molecule has 0 spiro atoms. The van der Waals surface area contributed by atoms with Crippen molar-refractivity contribution in [2.45, 2.75) is 25.1 Å². The van der Waals surface area contributed by atoms with Crippen LogP contribution >= 0.6 is 15.9 Å². The monoisotopic (exact) mass is 338 g/mol. The summed E-state index contributed by atoms with van der Waals surface area (Å²) < 4.78 is 37.8. The van der Waals surface area contributed by atoms with Crippen molar-refractivity contribution in [1.29, 1.82) is 0 Å². The molecule has 0 aliphatic heterocycles. The van der Waals surface area contributed by atoms with Gasteiger partial charge in [-0.3, -0.25) is 10.1 Å². The molecule has 1 amide bonds. The number of carbonyl (C=O) groups is 1. The quantitative estimate of drug-likeness (QED) is 0.867. The summed E-state index contributed by atoms with van der Waals surface area (Å²) in [4.78, 5) is 11.6. The molecule has 3 nitrogen and oxygen atoms in total. The normalized spacial score (nSPS) is 15.0. The fourth-order valence-corrected chi connectivity index (χ4v) is 2.08. The van der Waals surface area contributed by atoms with Gasteiger partial charge in [0, 0.05) is 4.47 Å². The van der Waals surface area contributed by atoms with Gasteiger partial charge in [-0.15, -0.1) is 0 Å². The summed E-state index contributed by atoms with van der Waals surface area (Å²) >= 11 is 3.23. The zero-order valence-electron chi connectivity index (χ0n) is 10.2. The molecule has 0 heterocycles. The maximum absolute atomic E-state index is 12.3. The molecule has 0 radical (unpaired) electrons. The third-order valence-electron chi connectivity index (χ3n) is 2.88. The molecule has 0 saturated carbocycles. The van der Waals surface area contributed by atoms with Gasteiger partial charge in [0.05, 0.1) is 6.54 Å². The molecule has 0 aliphatic carbocycles. The largest absolute Gasteiger partial charge is 0.401 e. The Morgan fingerprint density at radius 2 is 1.84 bits per heavy atom. The number of primary amides is 1. The fourth-order valence-electron chi connectivity index (χ4n) is 1.82. The molecule has 0 aliphatic rings. The van der Waals surface area contributed by atoms with Gasteiger partial charge in [0.2, 0.25) is 5.91 Å². The summed E-state index contributed by atoms with van der Waals surface area (Å²) in [5, 5.41) is 2.24. The second kappa shape index (κ2) is 5.92. The van der Waals surface area contributed by atoms with E-state index in [9.17, 15) is 18.0 Å². The van der Waals surface area contributed by atoms with Crippen molar-refractivity contribution in [3.05, 3.63) is 34.3 Å². The van der Waals surface area contributed by atoms with Crippen molar-refractivity contribution in [3.63, 3.8) is 0 Å². The van der Waals surface area contributed by atoms with Crippen molar-refractivity contribution in [2.24, 2.45) is 5.73 Å². The van der Waals surface area contributed by atoms with Crippen LogP contribution in [0.25, 0.3) is 0 Å². The van der Waals surface area contributed by atoms with Crippen LogP contribution in [0.5, 0.6) is 0 Å². The van der Waals surface area contributed by atoms with Crippen LogP contribution in [0.2, 0.25) is 0 Å². The maximum Gasteiger partial charge on any atom is 0.401 e. The second-order valence-electron chi connectivity index (χ2n) is 4.10. The predicted molar refractivity (Wildman–Crippen MR) is 69.4 cm³/mol. The van der Waals surface area contributed by atoms with E-state index in [0.29, 0.717) is 5.56 Å². The third kappa shape index (κ3) is 3.94. The van der Waals surface area contributed by atoms with Gasteiger partial charge in [-0.05, 0) is 24.1 Å². The van der Waals surface area contributed by atoms with Gasteiger partial charge in [0.15, 0.2) is 0 Å². The molecule has 0 saturated heterocycles. The van der Waals surface area contributed by atoms with Crippen molar-refractivity contribution in [1.82, 2.24) is 5.32 Å². The molecule has 3 N–H and O–H groups in total. The number of hydrogen-bond acceptors (Lipinski definition) is 2. The first-order valence-electron chi connectivity index (χ1n) is 5.59. The number of benzene rings is 1. The average molecular weight is 339 g/mol. The Kier molecular flexibility index (Phi) is 4.98. The first-order valence-corrected chi connectivity index (χ1v) is 6.38. The van der Waals surface area contributed by atoms with Crippen molar-refractivity contribution in [2.75, 3.05) is 6.54 Å². The highest BCUT2D eigenvalue weighted by Crippen LogP contribution is 2.27. The first-order chi connectivity index (χ1) is 8.71. The van der Waals surface area contributed by atoms with Crippen LogP contribution < -0.4 is 11.1 Å². The number of hydrogen-bond donors (Lipinski definition) is 2. The van der Waals surface area contributed by atoms with E-state index in [1.807, 2.05) is 0 Å². The minimum absolute atomic E-state index is 0.125. The summed E-state index contributed by atoms with van der Waals surface area (Å²) in [6.07, 6.45) is -4.29. The summed E-state index contributed by atoms with van der Waals surface area (Å²) in [7, 11) is 0. The van der Waals surface area contributed by atoms with Crippen LogP contribution in [0.3, 0.4) is 0 Å². The van der Waals surface area contributed by atoms with Crippen LogP contribution in [0.15, 0.2) is 28.7 Å². The first kappa shape index (κ1) is 16.0. The van der Waals surface area contributed by atoms with Gasteiger partial charge in [-0.2, -0.15) is 13.2 Å². The Morgan fingerprint density at radius 1 is 1.32 bits per heavy atom. The number of amides is 1. The van der Waals surface area contributed by atoms with E-state index < -0.39 is 24.2 Å². The van der Waals surface area contributed by atoms with Gasteiger partial charge >= 0.3 is 6.18 Å². The van der Waals surface area contributed by atoms with E-state index >= 15 is 0 Å². The molecular weight excluding hydrogens is 325 g/mol. The smallest absolute Gasteiger partial charge is 0.368 e. The second-order valence-corrected chi connectivity index (χ2v) is 5.01. The molecule has 1 unspecified atom stereocenters. The molecule has 0 fully saturated rings. The van der Waals surface area contributed by atoms with Crippen LogP contribution in [-0.4, -0.2) is 18.6 Å². The standard InChI is InChI=1S/C12H14BrF3N2O/c1-2-11(10(17)19,18-7-12(14,15)16)8-3-5-9(13)6-4-8/h3-6,18H,2,7H2,1H3,(H2,17,19). The van der Waals surface area contributed by atoms with Crippen LogP contribution in [-0.2, 0) is 10.3 Å². The van der Waals surface area contributed by atoms with Crippen molar-refractivity contribution in [3.8, 4) is 0 Å². The number of alkyl halides is 3. The van der Waals surface area contributed by atoms with Gasteiger partial charge in [-0.1, -0.05) is 35.0 Å². The van der Waals surface area contributed by atoms with E-state index in [2.05, 4.69) is 21.2 Å². The molecule has 0 bridgehead atoms. The molecule has 106 valence electrons. The molecule has 1 atom stereocenters. The summed E-state index contributed by atoms with van der Waals surface area (Å²) in [6, 6.07) is 6.44. The van der Waals surface area contributed by atoms with E-state index in [0.717, 1.165) is 4.47 Å². The minimum atomic E-state index is -4.41. The highest BCUT2D eigenvalue weighted by Gasteiger charge is 2.40. The number of nitrogens with one attached hydrogen (secondary N) is 1. The third-order valence-corrected chi connectivity index (χ3v) is 3.41. The van der Waals surface area contributed by atoms with Gasteiger partial charge in [0.1, 0.15) is 5.54 Å².